The minimum absolute atomic E-state index is 0.142. The number of alkyl halides is 3. The summed E-state index contributed by atoms with van der Waals surface area (Å²) in [6.07, 6.45) is -5.63. The van der Waals surface area contributed by atoms with Crippen molar-refractivity contribution in [1.29, 1.82) is 0 Å². The molecular formula is C13H14F3NO3S. The zero-order valence-corrected chi connectivity index (χ0v) is 12.0. The normalized spacial score (nSPS) is 12.1. The van der Waals surface area contributed by atoms with E-state index in [1.807, 2.05) is 0 Å². The van der Waals surface area contributed by atoms with Crippen molar-refractivity contribution < 1.29 is 26.7 Å². The second-order valence-electron chi connectivity index (χ2n) is 4.18. The fourth-order valence-corrected chi connectivity index (χ4v) is 2.68. The Morgan fingerprint density at radius 1 is 1.33 bits per heavy atom. The molecule has 0 aromatic heterocycles. The highest BCUT2D eigenvalue weighted by Gasteiger charge is 2.30. The van der Waals surface area contributed by atoms with E-state index in [2.05, 4.69) is 11.8 Å². The average molecular weight is 321 g/mol. The highest BCUT2D eigenvalue weighted by molar-refractivity contribution is 7.89. The van der Waals surface area contributed by atoms with Crippen molar-refractivity contribution in [3.8, 4) is 11.8 Å². The van der Waals surface area contributed by atoms with Crippen LogP contribution in [0.1, 0.15) is 12.0 Å². The molecule has 0 saturated carbocycles. The lowest BCUT2D eigenvalue weighted by Gasteiger charge is -2.18. The minimum atomic E-state index is -4.42. The standard InChI is InChI=1S/C13H14F3NO3S/c1-17(8-7-13(14,15)16)21(19,20)12-6-2-4-11(10-12)5-3-9-18/h2,4,6,10,18H,7-9H2,1H3. The van der Waals surface area contributed by atoms with Crippen LogP contribution < -0.4 is 0 Å². The SMILES string of the molecule is CN(CCC(F)(F)F)S(=O)(=O)c1cccc(C#CCO)c1. The summed E-state index contributed by atoms with van der Waals surface area (Å²) in [5, 5.41) is 8.58. The van der Waals surface area contributed by atoms with Gasteiger partial charge >= 0.3 is 6.18 Å². The highest BCUT2D eigenvalue weighted by Crippen LogP contribution is 2.22. The van der Waals surface area contributed by atoms with Gasteiger partial charge in [-0.05, 0) is 18.2 Å². The Bertz CT molecular complexity index is 645. The van der Waals surface area contributed by atoms with Crippen LogP contribution in [0.4, 0.5) is 13.2 Å². The number of sulfonamides is 1. The van der Waals surface area contributed by atoms with Crippen LogP contribution in [0.25, 0.3) is 0 Å². The van der Waals surface area contributed by atoms with Crippen molar-refractivity contribution in [2.45, 2.75) is 17.5 Å². The summed E-state index contributed by atoms with van der Waals surface area (Å²) >= 11 is 0. The van der Waals surface area contributed by atoms with E-state index in [0.29, 0.717) is 9.87 Å². The van der Waals surface area contributed by atoms with Crippen LogP contribution >= 0.6 is 0 Å². The molecule has 1 aromatic carbocycles. The first-order valence-corrected chi connectivity index (χ1v) is 7.34. The molecule has 0 fully saturated rings. The Balaban J connectivity index is 2.97. The van der Waals surface area contributed by atoms with E-state index < -0.39 is 29.2 Å². The second kappa shape index (κ2) is 6.93. The fraction of sp³-hybridized carbons (Fsp3) is 0.385. The quantitative estimate of drug-likeness (QED) is 0.857. The summed E-state index contributed by atoms with van der Waals surface area (Å²) in [5.41, 5.74) is 0.356. The van der Waals surface area contributed by atoms with Crippen molar-refractivity contribution in [3.05, 3.63) is 29.8 Å². The number of aliphatic hydroxyl groups is 1. The number of benzene rings is 1. The molecule has 1 N–H and O–H groups in total. The summed E-state index contributed by atoms with van der Waals surface area (Å²) < 4.78 is 61.4. The van der Waals surface area contributed by atoms with Crippen molar-refractivity contribution in [2.75, 3.05) is 20.2 Å². The van der Waals surface area contributed by atoms with Crippen molar-refractivity contribution in [2.24, 2.45) is 0 Å². The van der Waals surface area contributed by atoms with Crippen molar-refractivity contribution in [3.63, 3.8) is 0 Å². The molecular weight excluding hydrogens is 307 g/mol. The number of aliphatic hydroxyl groups excluding tert-OH is 1. The number of halogens is 3. The van der Waals surface area contributed by atoms with Crippen molar-refractivity contribution in [1.82, 2.24) is 4.31 Å². The van der Waals surface area contributed by atoms with Crippen LogP contribution in [0, 0.1) is 11.8 Å². The summed E-state index contributed by atoms with van der Waals surface area (Å²) in [6, 6.07) is 5.51. The lowest BCUT2D eigenvalue weighted by molar-refractivity contribution is -0.135. The molecule has 0 bridgehead atoms. The Hall–Kier alpha value is -1.56. The molecule has 0 aliphatic heterocycles. The van der Waals surface area contributed by atoms with Crippen LogP contribution in [0.3, 0.4) is 0 Å². The van der Waals surface area contributed by atoms with Crippen LogP contribution in [0.5, 0.6) is 0 Å². The predicted molar refractivity (Wildman–Crippen MR) is 70.9 cm³/mol. The maximum absolute atomic E-state index is 12.1. The van der Waals surface area contributed by atoms with E-state index in [4.69, 9.17) is 5.11 Å². The Kier molecular flexibility index (Phi) is 5.78. The topological polar surface area (TPSA) is 57.6 Å². The van der Waals surface area contributed by atoms with Crippen LogP contribution in [-0.2, 0) is 10.0 Å². The monoisotopic (exact) mass is 321 g/mol. The smallest absolute Gasteiger partial charge is 0.384 e. The second-order valence-corrected chi connectivity index (χ2v) is 6.22. The van der Waals surface area contributed by atoms with Gasteiger partial charge in [0, 0.05) is 19.2 Å². The molecule has 0 radical (unpaired) electrons. The van der Waals surface area contributed by atoms with Crippen LogP contribution in [0.15, 0.2) is 29.2 Å². The van der Waals surface area contributed by atoms with Gasteiger partial charge in [0.1, 0.15) is 6.61 Å². The van der Waals surface area contributed by atoms with Gasteiger partial charge in [0.25, 0.3) is 0 Å². The molecule has 0 aliphatic rings. The van der Waals surface area contributed by atoms with E-state index in [0.717, 1.165) is 7.05 Å². The van der Waals surface area contributed by atoms with Gasteiger partial charge in [0.05, 0.1) is 11.3 Å². The van der Waals surface area contributed by atoms with Gasteiger partial charge < -0.3 is 5.11 Å². The van der Waals surface area contributed by atoms with E-state index in [1.165, 1.54) is 24.3 Å². The molecule has 0 unspecified atom stereocenters. The van der Waals surface area contributed by atoms with Gasteiger partial charge in [-0.25, -0.2) is 12.7 Å². The molecule has 21 heavy (non-hydrogen) atoms. The number of hydrogen-bond donors (Lipinski definition) is 1. The predicted octanol–water partition coefficient (Wildman–Crippen LogP) is 1.60. The van der Waals surface area contributed by atoms with E-state index in [1.54, 1.807) is 0 Å². The third-order valence-corrected chi connectivity index (χ3v) is 4.42. The van der Waals surface area contributed by atoms with E-state index in [-0.39, 0.29) is 11.5 Å². The van der Waals surface area contributed by atoms with Gasteiger partial charge in [-0.15, -0.1) is 0 Å². The lowest BCUT2D eigenvalue weighted by atomic mass is 10.2. The number of nitrogens with zero attached hydrogens (tertiary/aromatic N) is 1. The summed E-state index contributed by atoms with van der Waals surface area (Å²) in [5.74, 6) is 4.90. The van der Waals surface area contributed by atoms with E-state index in [9.17, 15) is 21.6 Å². The largest absolute Gasteiger partial charge is 0.390 e. The van der Waals surface area contributed by atoms with Gasteiger partial charge in [0.15, 0.2) is 0 Å². The highest BCUT2D eigenvalue weighted by atomic mass is 32.2. The minimum Gasteiger partial charge on any atom is -0.384 e. The summed E-state index contributed by atoms with van der Waals surface area (Å²) in [6.45, 7) is -1.03. The maximum Gasteiger partial charge on any atom is 0.390 e. The number of rotatable bonds is 4. The maximum atomic E-state index is 12.1. The molecule has 116 valence electrons. The van der Waals surface area contributed by atoms with Gasteiger partial charge in [-0.3, -0.25) is 0 Å². The first-order chi connectivity index (χ1) is 9.66. The molecule has 0 atom stereocenters. The molecule has 1 rings (SSSR count). The zero-order valence-electron chi connectivity index (χ0n) is 11.2. The molecule has 0 spiro atoms. The molecule has 0 saturated heterocycles. The van der Waals surface area contributed by atoms with Crippen LogP contribution in [0.2, 0.25) is 0 Å². The first kappa shape index (κ1) is 17.5. The number of hydrogen-bond acceptors (Lipinski definition) is 3. The summed E-state index contributed by atoms with van der Waals surface area (Å²) in [7, 11) is -2.92. The molecule has 0 amide bonds. The van der Waals surface area contributed by atoms with E-state index >= 15 is 0 Å². The molecule has 8 heteroatoms. The first-order valence-electron chi connectivity index (χ1n) is 5.90. The van der Waals surface area contributed by atoms with Gasteiger partial charge in [-0.1, -0.05) is 17.9 Å². The van der Waals surface area contributed by atoms with Gasteiger partial charge in [-0.2, -0.15) is 13.2 Å². The Morgan fingerprint density at radius 2 is 2.00 bits per heavy atom. The molecule has 4 nitrogen and oxygen atoms in total. The Morgan fingerprint density at radius 3 is 2.57 bits per heavy atom. The summed E-state index contributed by atoms with van der Waals surface area (Å²) in [4.78, 5) is -0.142. The zero-order chi connectivity index (χ0) is 16.1. The average Bonchev–Trinajstić information content (AvgIpc) is 2.42. The molecule has 0 aliphatic carbocycles. The third kappa shape index (κ3) is 5.38. The molecule has 1 aromatic rings. The lowest BCUT2D eigenvalue weighted by Crippen LogP contribution is -2.30. The Labute approximate surface area is 121 Å². The molecule has 0 heterocycles. The third-order valence-electron chi connectivity index (χ3n) is 2.56. The van der Waals surface area contributed by atoms with Crippen LogP contribution in [-0.4, -0.2) is 44.2 Å². The van der Waals surface area contributed by atoms with Gasteiger partial charge in [0.2, 0.25) is 10.0 Å². The fourth-order valence-electron chi connectivity index (χ4n) is 1.46. The van der Waals surface area contributed by atoms with Crippen molar-refractivity contribution >= 4 is 10.0 Å².